The lowest BCUT2D eigenvalue weighted by Gasteiger charge is -2.48. The molecule has 4 heterocycles. The summed E-state index contributed by atoms with van der Waals surface area (Å²) in [5, 5.41) is 0.459. The molecule has 2 aromatic heterocycles. The number of amides is 1. The number of imidazole rings is 1. The largest absolute Gasteiger partial charge is 0.326 e. The fourth-order valence-corrected chi connectivity index (χ4v) is 6.50. The number of pyridine rings is 1. The Morgan fingerprint density at radius 3 is 2.51 bits per heavy atom. The molecule has 2 fully saturated rings. The summed E-state index contributed by atoms with van der Waals surface area (Å²) in [4.78, 5) is 27.7. The monoisotopic (exact) mass is 491 g/mol. The lowest BCUT2D eigenvalue weighted by atomic mass is 9.82. The number of hydrogen-bond acceptors (Lipinski definition) is 4. The number of fused-ring (bicyclic) bond motifs is 2. The van der Waals surface area contributed by atoms with Gasteiger partial charge in [0.15, 0.2) is 5.15 Å². The Kier molecular flexibility index (Phi) is 5.46. The predicted octanol–water partition coefficient (Wildman–Crippen LogP) is 5.97. The van der Waals surface area contributed by atoms with Gasteiger partial charge in [-0.25, -0.2) is 9.97 Å². The summed E-state index contributed by atoms with van der Waals surface area (Å²) < 4.78 is 2.05. The van der Waals surface area contributed by atoms with Crippen LogP contribution >= 0.6 is 11.6 Å². The molecule has 1 saturated carbocycles. The number of carbonyl (C=O) groups excluding carboxylic acids is 1. The van der Waals surface area contributed by atoms with Crippen LogP contribution in [0.15, 0.2) is 30.6 Å². The first kappa shape index (κ1) is 23.0. The molecule has 1 saturated heterocycles. The van der Waals surface area contributed by atoms with Gasteiger partial charge in [-0.05, 0) is 84.2 Å². The van der Waals surface area contributed by atoms with E-state index >= 15 is 0 Å². The van der Waals surface area contributed by atoms with E-state index in [-0.39, 0.29) is 18.0 Å². The summed E-state index contributed by atoms with van der Waals surface area (Å²) in [6.07, 6.45) is 7.91. The molecule has 35 heavy (non-hydrogen) atoms. The molecule has 1 amide bonds. The van der Waals surface area contributed by atoms with Crippen LogP contribution in [0.4, 0.5) is 5.69 Å². The van der Waals surface area contributed by atoms with Gasteiger partial charge in [0.1, 0.15) is 5.52 Å². The minimum atomic E-state index is -0.519. The van der Waals surface area contributed by atoms with E-state index in [1.807, 2.05) is 26.2 Å². The number of likely N-dealkylation sites (tertiary alicyclic amines) is 1. The fraction of sp³-hybridized carbons (Fsp3) is 0.536. The molecule has 3 aromatic rings. The molecule has 1 aliphatic carbocycles. The summed E-state index contributed by atoms with van der Waals surface area (Å²) in [6.45, 7) is 10.7. The summed E-state index contributed by atoms with van der Waals surface area (Å²) in [5.41, 5.74) is 5.07. The molecule has 0 atom stereocenters. The van der Waals surface area contributed by atoms with Gasteiger partial charge in [0, 0.05) is 29.4 Å². The highest BCUT2D eigenvalue weighted by atomic mass is 35.5. The molecule has 1 aromatic carbocycles. The van der Waals surface area contributed by atoms with Crippen LogP contribution < -0.4 is 4.90 Å². The second-order valence-corrected chi connectivity index (χ2v) is 11.7. The topological polar surface area (TPSA) is 54.3 Å². The number of benzene rings is 1. The molecule has 0 spiro atoms. The van der Waals surface area contributed by atoms with E-state index in [2.05, 4.69) is 51.4 Å². The van der Waals surface area contributed by atoms with Crippen molar-refractivity contribution in [3.05, 3.63) is 41.3 Å². The maximum absolute atomic E-state index is 13.6. The molecular formula is C28H34ClN5O. The molecule has 0 bridgehead atoms. The first-order valence-corrected chi connectivity index (χ1v) is 13.4. The molecule has 6 nitrogen and oxygen atoms in total. The van der Waals surface area contributed by atoms with Crippen LogP contribution in [-0.2, 0) is 10.2 Å². The smallest absolute Gasteiger partial charge is 0.237 e. The van der Waals surface area contributed by atoms with Crippen LogP contribution in [0, 0.1) is 0 Å². The van der Waals surface area contributed by atoms with E-state index in [0.717, 1.165) is 46.4 Å². The summed E-state index contributed by atoms with van der Waals surface area (Å²) in [6, 6.07) is 9.45. The Morgan fingerprint density at radius 2 is 1.80 bits per heavy atom. The Hall–Kier alpha value is -2.44. The van der Waals surface area contributed by atoms with E-state index in [0.29, 0.717) is 11.2 Å². The first-order valence-electron chi connectivity index (χ1n) is 13.0. The Morgan fingerprint density at radius 1 is 1.06 bits per heavy atom. The van der Waals surface area contributed by atoms with Crippen molar-refractivity contribution in [3.63, 3.8) is 0 Å². The van der Waals surface area contributed by atoms with Gasteiger partial charge < -0.3 is 14.4 Å². The van der Waals surface area contributed by atoms with Crippen LogP contribution in [0.2, 0.25) is 5.15 Å². The summed E-state index contributed by atoms with van der Waals surface area (Å²) >= 11 is 6.65. The fourth-order valence-electron chi connectivity index (χ4n) is 6.21. The number of hydrogen-bond donors (Lipinski definition) is 0. The van der Waals surface area contributed by atoms with E-state index < -0.39 is 5.41 Å². The average Bonchev–Trinajstić information content (AvgIpc) is 3.33. The van der Waals surface area contributed by atoms with Gasteiger partial charge in [0.05, 0.1) is 23.0 Å². The second-order valence-electron chi connectivity index (χ2n) is 11.3. The van der Waals surface area contributed by atoms with Crippen LogP contribution in [0.3, 0.4) is 0 Å². The van der Waals surface area contributed by atoms with Crippen LogP contribution in [0.25, 0.3) is 22.3 Å². The molecule has 6 rings (SSSR count). The zero-order valence-corrected chi connectivity index (χ0v) is 21.8. The minimum absolute atomic E-state index is 0.212. The Balaban J connectivity index is 1.34. The Labute approximate surface area is 212 Å². The van der Waals surface area contributed by atoms with Gasteiger partial charge in [-0.15, -0.1) is 0 Å². The maximum Gasteiger partial charge on any atom is 0.237 e. The van der Waals surface area contributed by atoms with E-state index in [1.54, 1.807) is 0 Å². The third kappa shape index (κ3) is 3.60. The molecular weight excluding hydrogens is 458 g/mol. The number of anilines is 1. The normalized spacial score (nSPS) is 24.3. The molecule has 0 unspecified atom stereocenters. The highest BCUT2D eigenvalue weighted by Gasteiger charge is 2.50. The van der Waals surface area contributed by atoms with Gasteiger partial charge in [-0.1, -0.05) is 30.2 Å². The van der Waals surface area contributed by atoms with E-state index in [4.69, 9.17) is 16.6 Å². The third-order valence-corrected chi connectivity index (χ3v) is 8.67. The van der Waals surface area contributed by atoms with E-state index in [1.165, 1.54) is 32.4 Å². The van der Waals surface area contributed by atoms with Crippen LogP contribution in [-0.4, -0.2) is 50.5 Å². The first-order chi connectivity index (χ1) is 16.8. The van der Waals surface area contributed by atoms with Crippen molar-refractivity contribution < 1.29 is 4.79 Å². The third-order valence-electron chi connectivity index (χ3n) is 8.41. The zero-order chi connectivity index (χ0) is 24.5. The number of halogens is 1. The Bertz CT molecular complexity index is 1300. The van der Waals surface area contributed by atoms with Gasteiger partial charge in [-0.2, -0.15) is 0 Å². The van der Waals surface area contributed by atoms with Crippen molar-refractivity contribution in [2.75, 3.05) is 18.0 Å². The van der Waals surface area contributed by atoms with Crippen molar-refractivity contribution in [1.29, 1.82) is 0 Å². The molecule has 7 heteroatoms. The number of carbonyl (C=O) groups is 1. The zero-order valence-electron chi connectivity index (χ0n) is 21.1. The van der Waals surface area contributed by atoms with Crippen molar-refractivity contribution in [1.82, 2.24) is 19.4 Å². The van der Waals surface area contributed by atoms with Crippen molar-refractivity contribution >= 4 is 34.2 Å². The number of piperidine rings is 1. The van der Waals surface area contributed by atoms with Gasteiger partial charge >= 0.3 is 0 Å². The van der Waals surface area contributed by atoms with Crippen molar-refractivity contribution in [3.8, 4) is 11.3 Å². The van der Waals surface area contributed by atoms with Gasteiger partial charge in [0.2, 0.25) is 5.91 Å². The summed E-state index contributed by atoms with van der Waals surface area (Å²) in [5.74, 6) is 0.212. The molecule has 0 N–H and O–H groups in total. The minimum Gasteiger partial charge on any atom is -0.326 e. The summed E-state index contributed by atoms with van der Waals surface area (Å²) in [7, 11) is 0. The maximum atomic E-state index is 13.6. The van der Waals surface area contributed by atoms with Crippen molar-refractivity contribution in [2.24, 2.45) is 0 Å². The van der Waals surface area contributed by atoms with Crippen molar-refractivity contribution in [2.45, 2.75) is 83.3 Å². The lowest BCUT2D eigenvalue weighted by Crippen LogP contribution is -2.57. The average molecular weight is 492 g/mol. The SMILES string of the molecule is CC(C)n1cnc2cc(-c3ccc4c(c3)N(C3CC(N5CCCCC5)C3)C(=O)C4(C)C)nc(Cl)c21. The lowest BCUT2D eigenvalue weighted by molar-refractivity contribution is -0.123. The highest BCUT2D eigenvalue weighted by molar-refractivity contribution is 6.34. The van der Waals surface area contributed by atoms with Crippen LogP contribution in [0.5, 0.6) is 0 Å². The standard InChI is InChI=1S/C28H34ClN5O/c1-17(2)33-16-30-23-15-22(31-26(29)25(23)33)18-8-9-21-24(12-18)34(27(35)28(21,3)4)20-13-19(14-20)32-10-6-5-7-11-32/h8-9,12,15-17,19-20H,5-7,10-11,13-14H2,1-4H3. The number of rotatable bonds is 4. The second kappa shape index (κ2) is 8.31. The van der Waals surface area contributed by atoms with Gasteiger partial charge in [-0.3, -0.25) is 4.79 Å². The quantitative estimate of drug-likeness (QED) is 0.421. The molecule has 2 aliphatic heterocycles. The number of aromatic nitrogens is 3. The molecule has 0 radical (unpaired) electrons. The highest BCUT2D eigenvalue weighted by Crippen LogP contribution is 2.47. The van der Waals surface area contributed by atoms with Gasteiger partial charge in [0.25, 0.3) is 0 Å². The number of nitrogens with zero attached hydrogens (tertiary/aromatic N) is 5. The predicted molar refractivity (Wildman–Crippen MR) is 141 cm³/mol. The van der Waals surface area contributed by atoms with E-state index in [9.17, 15) is 4.79 Å². The molecule has 184 valence electrons. The van der Waals surface area contributed by atoms with Crippen LogP contribution in [0.1, 0.15) is 71.4 Å². The molecule has 3 aliphatic rings.